The molecular formula is C17H34N2. The second-order valence-electron chi connectivity index (χ2n) is 7.28. The Balaban J connectivity index is 1.90. The molecule has 1 aliphatic carbocycles. The van der Waals surface area contributed by atoms with Crippen molar-refractivity contribution in [3.05, 3.63) is 0 Å². The van der Waals surface area contributed by atoms with Gasteiger partial charge in [-0.05, 0) is 50.0 Å². The van der Waals surface area contributed by atoms with Crippen LogP contribution < -0.4 is 5.32 Å². The third-order valence-electron chi connectivity index (χ3n) is 5.01. The molecule has 1 heterocycles. The molecule has 1 aliphatic heterocycles. The van der Waals surface area contributed by atoms with Crippen LogP contribution in [0, 0.1) is 17.8 Å². The maximum absolute atomic E-state index is 3.81. The SMILES string of the molecule is CCC1CC(NCC(C)C)CN(C(CC)C2CC2)C1. The summed E-state index contributed by atoms with van der Waals surface area (Å²) in [5, 5.41) is 3.81. The van der Waals surface area contributed by atoms with Crippen molar-refractivity contribution in [1.82, 2.24) is 10.2 Å². The van der Waals surface area contributed by atoms with E-state index < -0.39 is 0 Å². The smallest absolute Gasteiger partial charge is 0.0198 e. The summed E-state index contributed by atoms with van der Waals surface area (Å²) in [7, 11) is 0. The van der Waals surface area contributed by atoms with E-state index in [2.05, 4.69) is 37.9 Å². The molecule has 19 heavy (non-hydrogen) atoms. The van der Waals surface area contributed by atoms with E-state index >= 15 is 0 Å². The quantitative estimate of drug-likeness (QED) is 0.758. The highest BCUT2D eigenvalue weighted by atomic mass is 15.2. The van der Waals surface area contributed by atoms with E-state index in [0.717, 1.165) is 29.8 Å². The Bertz CT molecular complexity index is 260. The van der Waals surface area contributed by atoms with Crippen molar-refractivity contribution in [1.29, 1.82) is 0 Å². The first-order valence-corrected chi connectivity index (χ1v) is 8.61. The van der Waals surface area contributed by atoms with E-state index in [-0.39, 0.29) is 0 Å². The molecule has 1 saturated carbocycles. The lowest BCUT2D eigenvalue weighted by atomic mass is 9.89. The summed E-state index contributed by atoms with van der Waals surface area (Å²) in [6, 6.07) is 1.60. The van der Waals surface area contributed by atoms with Crippen molar-refractivity contribution >= 4 is 0 Å². The molecule has 1 saturated heterocycles. The summed E-state index contributed by atoms with van der Waals surface area (Å²) >= 11 is 0. The van der Waals surface area contributed by atoms with Crippen LogP contribution in [0.1, 0.15) is 59.8 Å². The Morgan fingerprint density at radius 2 is 1.89 bits per heavy atom. The van der Waals surface area contributed by atoms with Crippen LogP contribution >= 0.6 is 0 Å². The fourth-order valence-electron chi connectivity index (χ4n) is 3.73. The predicted molar refractivity (Wildman–Crippen MR) is 83.4 cm³/mol. The van der Waals surface area contributed by atoms with Crippen molar-refractivity contribution in [3.8, 4) is 0 Å². The van der Waals surface area contributed by atoms with Gasteiger partial charge in [0.25, 0.3) is 0 Å². The van der Waals surface area contributed by atoms with E-state index in [1.54, 1.807) is 0 Å². The minimum atomic E-state index is 0.730. The summed E-state index contributed by atoms with van der Waals surface area (Å²) in [5.74, 6) is 2.69. The van der Waals surface area contributed by atoms with Gasteiger partial charge in [-0.25, -0.2) is 0 Å². The third-order valence-corrected chi connectivity index (χ3v) is 5.01. The molecule has 0 aromatic heterocycles. The van der Waals surface area contributed by atoms with Gasteiger partial charge in [0.15, 0.2) is 0 Å². The molecule has 2 rings (SSSR count). The van der Waals surface area contributed by atoms with Crippen LogP contribution in [0.25, 0.3) is 0 Å². The molecule has 0 spiro atoms. The van der Waals surface area contributed by atoms with Gasteiger partial charge >= 0.3 is 0 Å². The maximum Gasteiger partial charge on any atom is 0.0198 e. The maximum atomic E-state index is 3.81. The highest BCUT2D eigenvalue weighted by molar-refractivity contribution is 4.92. The van der Waals surface area contributed by atoms with Crippen LogP contribution in [0.5, 0.6) is 0 Å². The van der Waals surface area contributed by atoms with Crippen molar-refractivity contribution < 1.29 is 0 Å². The molecule has 0 aromatic carbocycles. The van der Waals surface area contributed by atoms with E-state index in [4.69, 9.17) is 0 Å². The Kier molecular flexibility index (Phi) is 5.70. The van der Waals surface area contributed by atoms with Gasteiger partial charge in [0.2, 0.25) is 0 Å². The van der Waals surface area contributed by atoms with Gasteiger partial charge in [0, 0.05) is 25.2 Å². The lowest BCUT2D eigenvalue weighted by Gasteiger charge is -2.42. The minimum absolute atomic E-state index is 0.730. The average Bonchev–Trinajstić information content (AvgIpc) is 3.21. The van der Waals surface area contributed by atoms with Gasteiger partial charge < -0.3 is 5.32 Å². The highest BCUT2D eigenvalue weighted by Crippen LogP contribution is 2.38. The molecule has 2 fully saturated rings. The molecule has 0 radical (unpaired) electrons. The Hall–Kier alpha value is -0.0800. The molecule has 1 N–H and O–H groups in total. The zero-order valence-electron chi connectivity index (χ0n) is 13.5. The topological polar surface area (TPSA) is 15.3 Å². The lowest BCUT2D eigenvalue weighted by Crippen LogP contribution is -2.53. The molecule has 2 aliphatic rings. The van der Waals surface area contributed by atoms with Crippen molar-refractivity contribution in [2.24, 2.45) is 17.8 Å². The van der Waals surface area contributed by atoms with E-state index in [1.807, 2.05) is 0 Å². The van der Waals surface area contributed by atoms with Gasteiger partial charge in [-0.1, -0.05) is 34.1 Å². The summed E-state index contributed by atoms with van der Waals surface area (Å²) < 4.78 is 0. The van der Waals surface area contributed by atoms with E-state index in [1.165, 1.54) is 51.7 Å². The Morgan fingerprint density at radius 1 is 1.16 bits per heavy atom. The first-order chi connectivity index (χ1) is 9.13. The monoisotopic (exact) mass is 266 g/mol. The van der Waals surface area contributed by atoms with Crippen LogP contribution in [0.2, 0.25) is 0 Å². The van der Waals surface area contributed by atoms with Gasteiger partial charge in [0.1, 0.15) is 0 Å². The zero-order valence-corrected chi connectivity index (χ0v) is 13.5. The summed E-state index contributed by atoms with van der Waals surface area (Å²) in [5.41, 5.74) is 0. The highest BCUT2D eigenvalue weighted by Gasteiger charge is 2.37. The van der Waals surface area contributed by atoms with Crippen LogP contribution in [0.15, 0.2) is 0 Å². The summed E-state index contributed by atoms with van der Waals surface area (Å²) in [6.07, 6.45) is 7.04. The standard InChI is InChI=1S/C17H34N2/c1-5-14-9-16(18-10-13(3)4)12-19(11-14)17(6-2)15-7-8-15/h13-18H,5-12H2,1-4H3. The minimum Gasteiger partial charge on any atom is -0.312 e. The fraction of sp³-hybridized carbons (Fsp3) is 1.00. The zero-order chi connectivity index (χ0) is 13.8. The molecule has 2 heteroatoms. The molecule has 3 atom stereocenters. The van der Waals surface area contributed by atoms with Crippen molar-refractivity contribution in [3.63, 3.8) is 0 Å². The average molecular weight is 266 g/mol. The lowest BCUT2D eigenvalue weighted by molar-refractivity contribution is 0.0816. The van der Waals surface area contributed by atoms with E-state index in [0.29, 0.717) is 0 Å². The predicted octanol–water partition coefficient (Wildman–Crippen LogP) is 3.52. The summed E-state index contributed by atoms with van der Waals surface area (Å²) in [4.78, 5) is 2.83. The number of rotatable bonds is 7. The van der Waals surface area contributed by atoms with Crippen LogP contribution in [-0.2, 0) is 0 Å². The van der Waals surface area contributed by atoms with Gasteiger partial charge in [-0.3, -0.25) is 4.90 Å². The van der Waals surface area contributed by atoms with Gasteiger partial charge in [-0.15, -0.1) is 0 Å². The van der Waals surface area contributed by atoms with Crippen molar-refractivity contribution in [2.45, 2.75) is 71.9 Å². The molecule has 0 amide bonds. The molecule has 3 unspecified atom stereocenters. The summed E-state index contributed by atoms with van der Waals surface area (Å²) in [6.45, 7) is 13.2. The van der Waals surface area contributed by atoms with Crippen LogP contribution in [-0.4, -0.2) is 36.6 Å². The Labute approximate surface area is 120 Å². The third kappa shape index (κ3) is 4.46. The number of likely N-dealkylation sites (tertiary alicyclic amines) is 1. The second-order valence-corrected chi connectivity index (χ2v) is 7.28. The molecule has 2 nitrogen and oxygen atoms in total. The van der Waals surface area contributed by atoms with Crippen LogP contribution in [0.3, 0.4) is 0 Å². The first-order valence-electron chi connectivity index (χ1n) is 8.61. The number of piperidine rings is 1. The fourth-order valence-corrected chi connectivity index (χ4v) is 3.73. The second kappa shape index (κ2) is 7.08. The number of nitrogens with zero attached hydrogens (tertiary/aromatic N) is 1. The number of hydrogen-bond donors (Lipinski definition) is 1. The normalized spacial score (nSPS) is 30.8. The number of hydrogen-bond acceptors (Lipinski definition) is 2. The largest absolute Gasteiger partial charge is 0.312 e. The molecule has 0 aromatic rings. The molecule has 112 valence electrons. The van der Waals surface area contributed by atoms with Gasteiger partial charge in [0.05, 0.1) is 0 Å². The van der Waals surface area contributed by atoms with Crippen molar-refractivity contribution in [2.75, 3.05) is 19.6 Å². The first kappa shape index (κ1) is 15.3. The van der Waals surface area contributed by atoms with Gasteiger partial charge in [-0.2, -0.15) is 0 Å². The van der Waals surface area contributed by atoms with E-state index in [9.17, 15) is 0 Å². The van der Waals surface area contributed by atoms with Crippen LogP contribution in [0.4, 0.5) is 0 Å². The Morgan fingerprint density at radius 3 is 2.42 bits per heavy atom. The molecular weight excluding hydrogens is 232 g/mol. The number of nitrogens with one attached hydrogen (secondary N) is 1. The molecule has 0 bridgehead atoms.